The summed E-state index contributed by atoms with van der Waals surface area (Å²) in [5.74, 6) is 0. The maximum absolute atomic E-state index is 6.20. The lowest BCUT2D eigenvalue weighted by Crippen LogP contribution is -2.19. The number of benzene rings is 1. The highest BCUT2D eigenvalue weighted by Crippen LogP contribution is 2.22. The number of ether oxygens (including phenoxy) is 1. The molecule has 1 N–H and O–H groups in total. The van der Waals surface area contributed by atoms with Crippen LogP contribution in [-0.2, 0) is 17.8 Å². The Kier molecular flexibility index (Phi) is 6.06. The number of nitrogens with one attached hydrogen (secondary N) is 1. The molecular weight excluding hydrogens is 309 g/mol. The van der Waals surface area contributed by atoms with Crippen molar-refractivity contribution in [3.8, 4) is 0 Å². The third-order valence-corrected chi connectivity index (χ3v) is 3.93. The molecule has 0 bridgehead atoms. The fourth-order valence-electron chi connectivity index (χ4n) is 2.04. The minimum absolute atomic E-state index is 0.614. The fraction of sp³-hybridized carbons (Fsp3) is 0.400. The van der Waals surface area contributed by atoms with Gasteiger partial charge in [0.2, 0.25) is 0 Å². The molecule has 0 saturated carbocycles. The van der Waals surface area contributed by atoms with Gasteiger partial charge in [0.15, 0.2) is 0 Å². The second kappa shape index (κ2) is 7.80. The number of rotatable bonds is 7. The summed E-state index contributed by atoms with van der Waals surface area (Å²) in [5.41, 5.74) is 3.26. The Labute approximate surface area is 135 Å². The van der Waals surface area contributed by atoms with Gasteiger partial charge in [-0.3, -0.25) is 4.68 Å². The predicted octanol–water partition coefficient (Wildman–Crippen LogP) is 3.28. The normalized spacial score (nSPS) is 11.0. The molecule has 21 heavy (non-hydrogen) atoms. The molecule has 1 heterocycles. The standard InChI is InChI=1S/C15H19Cl2N3O/c1-11-13(8-18-5-6-21-2)9-19-20(11)10-12-7-14(16)3-4-15(12)17/h3-4,7,9,18H,5-6,8,10H2,1-2H3. The second-order valence-electron chi connectivity index (χ2n) is 4.82. The van der Waals surface area contributed by atoms with E-state index in [0.29, 0.717) is 23.2 Å². The summed E-state index contributed by atoms with van der Waals surface area (Å²) in [5, 5.41) is 9.12. The maximum Gasteiger partial charge on any atom is 0.0677 e. The van der Waals surface area contributed by atoms with Crippen molar-refractivity contribution in [2.45, 2.75) is 20.0 Å². The van der Waals surface area contributed by atoms with E-state index >= 15 is 0 Å². The monoisotopic (exact) mass is 327 g/mol. The van der Waals surface area contributed by atoms with E-state index in [4.69, 9.17) is 27.9 Å². The van der Waals surface area contributed by atoms with Crippen LogP contribution >= 0.6 is 23.2 Å². The van der Waals surface area contributed by atoms with E-state index in [0.717, 1.165) is 24.3 Å². The summed E-state index contributed by atoms with van der Waals surface area (Å²) in [4.78, 5) is 0. The van der Waals surface area contributed by atoms with Gasteiger partial charge in [-0.05, 0) is 30.7 Å². The number of hydrogen-bond donors (Lipinski definition) is 1. The Balaban J connectivity index is 2.04. The SMILES string of the molecule is COCCNCc1cnn(Cc2cc(Cl)ccc2Cl)c1C. The highest BCUT2D eigenvalue weighted by atomic mass is 35.5. The van der Waals surface area contributed by atoms with Gasteiger partial charge in [-0.15, -0.1) is 0 Å². The van der Waals surface area contributed by atoms with E-state index < -0.39 is 0 Å². The zero-order chi connectivity index (χ0) is 15.2. The molecule has 2 rings (SSSR count). The van der Waals surface area contributed by atoms with Crippen LogP contribution in [0.4, 0.5) is 0 Å². The summed E-state index contributed by atoms with van der Waals surface area (Å²) < 4.78 is 6.94. The van der Waals surface area contributed by atoms with Crippen LogP contribution in [0.25, 0.3) is 0 Å². The zero-order valence-corrected chi connectivity index (χ0v) is 13.7. The van der Waals surface area contributed by atoms with Crippen molar-refractivity contribution in [2.75, 3.05) is 20.3 Å². The first-order chi connectivity index (χ1) is 10.1. The lowest BCUT2D eigenvalue weighted by Gasteiger charge is -2.08. The summed E-state index contributed by atoms with van der Waals surface area (Å²) in [6, 6.07) is 5.47. The van der Waals surface area contributed by atoms with Gasteiger partial charge in [-0.25, -0.2) is 0 Å². The third kappa shape index (κ3) is 4.45. The third-order valence-electron chi connectivity index (χ3n) is 3.33. The van der Waals surface area contributed by atoms with Crippen molar-refractivity contribution >= 4 is 23.2 Å². The lowest BCUT2D eigenvalue weighted by atomic mass is 10.2. The van der Waals surface area contributed by atoms with Crippen molar-refractivity contribution in [2.24, 2.45) is 0 Å². The van der Waals surface area contributed by atoms with Gasteiger partial charge in [0, 0.05) is 41.5 Å². The van der Waals surface area contributed by atoms with Gasteiger partial charge in [0.25, 0.3) is 0 Å². The van der Waals surface area contributed by atoms with E-state index in [1.54, 1.807) is 13.2 Å². The van der Waals surface area contributed by atoms with Crippen molar-refractivity contribution < 1.29 is 4.74 Å². The average Bonchev–Trinajstić information content (AvgIpc) is 2.80. The van der Waals surface area contributed by atoms with E-state index in [-0.39, 0.29) is 0 Å². The first kappa shape index (κ1) is 16.3. The lowest BCUT2D eigenvalue weighted by molar-refractivity contribution is 0.199. The molecule has 0 atom stereocenters. The minimum atomic E-state index is 0.614. The van der Waals surface area contributed by atoms with E-state index in [1.165, 1.54) is 5.56 Å². The van der Waals surface area contributed by atoms with Gasteiger partial charge in [-0.2, -0.15) is 5.10 Å². The van der Waals surface area contributed by atoms with Crippen molar-refractivity contribution in [3.05, 3.63) is 51.3 Å². The number of aromatic nitrogens is 2. The molecule has 4 nitrogen and oxygen atoms in total. The molecule has 6 heteroatoms. The molecule has 0 radical (unpaired) electrons. The molecule has 1 aromatic heterocycles. The molecule has 0 fully saturated rings. The maximum atomic E-state index is 6.20. The summed E-state index contributed by atoms with van der Waals surface area (Å²) in [6.07, 6.45) is 1.88. The summed E-state index contributed by atoms with van der Waals surface area (Å²) in [7, 11) is 1.69. The highest BCUT2D eigenvalue weighted by Gasteiger charge is 2.09. The first-order valence-corrected chi connectivity index (χ1v) is 7.52. The van der Waals surface area contributed by atoms with Crippen LogP contribution < -0.4 is 5.32 Å². The van der Waals surface area contributed by atoms with Gasteiger partial charge in [-0.1, -0.05) is 23.2 Å². The predicted molar refractivity (Wildman–Crippen MR) is 86.1 cm³/mol. The summed E-state index contributed by atoms with van der Waals surface area (Å²) in [6.45, 7) is 4.97. The topological polar surface area (TPSA) is 39.1 Å². The molecular formula is C15H19Cl2N3O. The van der Waals surface area contributed by atoms with Crippen LogP contribution in [0.15, 0.2) is 24.4 Å². The highest BCUT2D eigenvalue weighted by molar-refractivity contribution is 6.33. The van der Waals surface area contributed by atoms with E-state index in [2.05, 4.69) is 17.3 Å². The smallest absolute Gasteiger partial charge is 0.0677 e. The Morgan fingerprint density at radius 1 is 1.29 bits per heavy atom. The number of methoxy groups -OCH3 is 1. The van der Waals surface area contributed by atoms with Crippen molar-refractivity contribution in [1.82, 2.24) is 15.1 Å². The molecule has 0 amide bonds. The molecule has 0 saturated heterocycles. The van der Waals surface area contributed by atoms with Gasteiger partial charge >= 0.3 is 0 Å². The second-order valence-corrected chi connectivity index (χ2v) is 5.66. The zero-order valence-electron chi connectivity index (χ0n) is 12.2. The number of hydrogen-bond acceptors (Lipinski definition) is 3. The van der Waals surface area contributed by atoms with Crippen LogP contribution in [-0.4, -0.2) is 30.0 Å². The Morgan fingerprint density at radius 2 is 2.10 bits per heavy atom. The Hall–Kier alpha value is -1.07. The van der Waals surface area contributed by atoms with Gasteiger partial charge in [0.1, 0.15) is 0 Å². The molecule has 114 valence electrons. The quantitative estimate of drug-likeness (QED) is 0.793. The first-order valence-electron chi connectivity index (χ1n) is 6.76. The molecule has 0 aliphatic rings. The fourth-order valence-corrected chi connectivity index (χ4v) is 2.41. The van der Waals surface area contributed by atoms with Crippen LogP contribution in [0.1, 0.15) is 16.8 Å². The largest absolute Gasteiger partial charge is 0.383 e. The Bertz CT molecular complexity index is 599. The molecule has 1 aromatic carbocycles. The molecule has 0 aliphatic heterocycles. The molecule has 0 spiro atoms. The summed E-state index contributed by atoms with van der Waals surface area (Å²) >= 11 is 12.2. The number of nitrogens with zero attached hydrogens (tertiary/aromatic N) is 2. The average molecular weight is 328 g/mol. The molecule has 0 unspecified atom stereocenters. The molecule has 2 aromatic rings. The minimum Gasteiger partial charge on any atom is -0.383 e. The van der Waals surface area contributed by atoms with Gasteiger partial charge < -0.3 is 10.1 Å². The van der Waals surface area contributed by atoms with E-state index in [1.807, 2.05) is 23.0 Å². The van der Waals surface area contributed by atoms with Crippen LogP contribution in [0, 0.1) is 6.92 Å². The van der Waals surface area contributed by atoms with Crippen LogP contribution in [0.2, 0.25) is 10.0 Å². The van der Waals surface area contributed by atoms with E-state index in [9.17, 15) is 0 Å². The van der Waals surface area contributed by atoms with Crippen LogP contribution in [0.3, 0.4) is 0 Å². The van der Waals surface area contributed by atoms with Crippen molar-refractivity contribution in [1.29, 1.82) is 0 Å². The Morgan fingerprint density at radius 3 is 2.86 bits per heavy atom. The number of halogens is 2. The van der Waals surface area contributed by atoms with Gasteiger partial charge in [0.05, 0.1) is 19.3 Å². The molecule has 0 aliphatic carbocycles. The van der Waals surface area contributed by atoms with Crippen LogP contribution in [0.5, 0.6) is 0 Å². The van der Waals surface area contributed by atoms with Crippen molar-refractivity contribution in [3.63, 3.8) is 0 Å².